The first kappa shape index (κ1) is 16.2. The summed E-state index contributed by atoms with van der Waals surface area (Å²) >= 11 is 0. The van der Waals surface area contributed by atoms with Crippen molar-refractivity contribution in [2.45, 2.75) is 32.1 Å². The van der Waals surface area contributed by atoms with Crippen LogP contribution in [-0.4, -0.2) is 42.0 Å². The van der Waals surface area contributed by atoms with Crippen LogP contribution in [0.15, 0.2) is 24.5 Å². The highest BCUT2D eigenvalue weighted by atomic mass is 35.5. The minimum atomic E-state index is 0. The van der Waals surface area contributed by atoms with E-state index in [-0.39, 0.29) is 18.3 Å². The molecule has 5 heteroatoms. The number of carbonyl (C=O) groups is 1. The van der Waals surface area contributed by atoms with E-state index >= 15 is 0 Å². The molecule has 1 amide bonds. The van der Waals surface area contributed by atoms with Gasteiger partial charge in [0.05, 0.1) is 6.42 Å². The molecule has 2 aliphatic rings. The first-order chi connectivity index (χ1) is 9.77. The highest BCUT2D eigenvalue weighted by Gasteiger charge is 2.36. The molecule has 2 saturated heterocycles. The summed E-state index contributed by atoms with van der Waals surface area (Å²) in [7, 11) is 0. The molecule has 0 aromatic carbocycles. The van der Waals surface area contributed by atoms with Crippen molar-refractivity contribution in [2.24, 2.45) is 5.41 Å². The number of hydrogen-bond donors (Lipinski definition) is 1. The van der Waals surface area contributed by atoms with Gasteiger partial charge < -0.3 is 10.2 Å². The molecule has 0 unspecified atom stereocenters. The number of halogens is 1. The molecule has 4 nitrogen and oxygen atoms in total. The number of pyridine rings is 1. The Labute approximate surface area is 132 Å². The van der Waals surface area contributed by atoms with Gasteiger partial charge >= 0.3 is 0 Å². The quantitative estimate of drug-likeness (QED) is 0.909. The summed E-state index contributed by atoms with van der Waals surface area (Å²) in [5, 5.41) is 3.44. The summed E-state index contributed by atoms with van der Waals surface area (Å²) in [5.41, 5.74) is 1.52. The summed E-state index contributed by atoms with van der Waals surface area (Å²) in [6, 6.07) is 3.87. The van der Waals surface area contributed by atoms with Crippen LogP contribution in [0.2, 0.25) is 0 Å². The Balaban J connectivity index is 0.00000161. The van der Waals surface area contributed by atoms with Gasteiger partial charge in [0.1, 0.15) is 0 Å². The van der Waals surface area contributed by atoms with Crippen LogP contribution in [0.4, 0.5) is 0 Å². The molecule has 21 heavy (non-hydrogen) atoms. The van der Waals surface area contributed by atoms with Crippen LogP contribution in [0.1, 0.15) is 31.2 Å². The summed E-state index contributed by atoms with van der Waals surface area (Å²) in [4.78, 5) is 18.4. The molecule has 2 fully saturated rings. The SMILES string of the molecule is Cl.O=C(Cc1cccnc1)N1CCC2(CCNCC2)CC1. The zero-order chi connectivity index (χ0) is 13.8. The molecule has 1 aromatic heterocycles. The number of nitrogens with zero attached hydrogens (tertiary/aromatic N) is 2. The molecule has 116 valence electrons. The second-order valence-corrected chi connectivity index (χ2v) is 6.17. The zero-order valence-electron chi connectivity index (χ0n) is 12.4. The standard InChI is InChI=1S/C16H23N3O.ClH/c20-15(12-14-2-1-7-18-13-14)19-10-5-16(6-11-19)3-8-17-9-4-16;/h1-2,7,13,17H,3-6,8-12H2;1H. The van der Waals surface area contributed by atoms with Gasteiger partial charge in [-0.2, -0.15) is 0 Å². The van der Waals surface area contributed by atoms with Gasteiger partial charge in [-0.15, -0.1) is 12.4 Å². The maximum atomic E-state index is 12.3. The highest BCUT2D eigenvalue weighted by molar-refractivity contribution is 5.85. The molecular weight excluding hydrogens is 286 g/mol. The molecule has 3 rings (SSSR count). The van der Waals surface area contributed by atoms with Crippen molar-refractivity contribution in [3.05, 3.63) is 30.1 Å². The van der Waals surface area contributed by atoms with Crippen molar-refractivity contribution in [1.82, 2.24) is 15.2 Å². The van der Waals surface area contributed by atoms with E-state index in [2.05, 4.69) is 10.3 Å². The van der Waals surface area contributed by atoms with Crippen molar-refractivity contribution in [2.75, 3.05) is 26.2 Å². The monoisotopic (exact) mass is 309 g/mol. The normalized spacial score (nSPS) is 20.9. The van der Waals surface area contributed by atoms with E-state index in [1.807, 2.05) is 17.0 Å². The molecule has 1 aromatic rings. The van der Waals surface area contributed by atoms with E-state index in [0.717, 1.165) is 31.7 Å². The Morgan fingerprint density at radius 1 is 1.24 bits per heavy atom. The molecule has 0 atom stereocenters. The number of hydrogen-bond acceptors (Lipinski definition) is 3. The van der Waals surface area contributed by atoms with E-state index < -0.39 is 0 Å². The fourth-order valence-electron chi connectivity index (χ4n) is 3.48. The van der Waals surface area contributed by atoms with E-state index in [0.29, 0.717) is 11.8 Å². The summed E-state index contributed by atoms with van der Waals surface area (Å²) in [6.07, 6.45) is 8.92. The second kappa shape index (κ2) is 7.23. The topological polar surface area (TPSA) is 45.2 Å². The van der Waals surface area contributed by atoms with E-state index in [1.165, 1.54) is 25.7 Å². The van der Waals surface area contributed by atoms with Crippen LogP contribution in [-0.2, 0) is 11.2 Å². The number of amides is 1. The zero-order valence-corrected chi connectivity index (χ0v) is 13.2. The summed E-state index contributed by atoms with van der Waals surface area (Å²) in [6.45, 7) is 4.14. The molecular formula is C16H24ClN3O. The molecule has 0 aliphatic carbocycles. The Hall–Kier alpha value is -1.13. The molecule has 0 bridgehead atoms. The Bertz CT molecular complexity index is 450. The maximum Gasteiger partial charge on any atom is 0.227 e. The molecule has 2 aliphatic heterocycles. The summed E-state index contributed by atoms with van der Waals surface area (Å²) < 4.78 is 0. The van der Waals surface area contributed by atoms with Gasteiger partial charge in [-0.1, -0.05) is 6.07 Å². The third kappa shape index (κ3) is 3.95. The van der Waals surface area contributed by atoms with Gasteiger partial charge in [-0.25, -0.2) is 0 Å². The van der Waals surface area contributed by atoms with E-state index in [4.69, 9.17) is 0 Å². The number of aromatic nitrogens is 1. The number of piperidine rings is 2. The lowest BCUT2D eigenvalue weighted by Crippen LogP contribution is -2.47. The summed E-state index contributed by atoms with van der Waals surface area (Å²) in [5.74, 6) is 0.252. The van der Waals surface area contributed by atoms with Crippen molar-refractivity contribution in [3.8, 4) is 0 Å². The minimum absolute atomic E-state index is 0. The predicted molar refractivity (Wildman–Crippen MR) is 85.5 cm³/mol. The Morgan fingerprint density at radius 3 is 2.57 bits per heavy atom. The Morgan fingerprint density at radius 2 is 1.95 bits per heavy atom. The Kier molecular flexibility index (Phi) is 5.59. The third-order valence-electron chi connectivity index (χ3n) is 4.92. The first-order valence-electron chi connectivity index (χ1n) is 7.65. The molecule has 1 N–H and O–H groups in total. The lowest BCUT2D eigenvalue weighted by atomic mass is 9.71. The van der Waals surface area contributed by atoms with Crippen molar-refractivity contribution < 1.29 is 4.79 Å². The van der Waals surface area contributed by atoms with E-state index in [1.54, 1.807) is 12.4 Å². The van der Waals surface area contributed by atoms with Gasteiger partial charge in [0.2, 0.25) is 5.91 Å². The van der Waals surface area contributed by atoms with Gasteiger partial charge in [0.25, 0.3) is 0 Å². The van der Waals surface area contributed by atoms with Crippen molar-refractivity contribution in [3.63, 3.8) is 0 Å². The number of likely N-dealkylation sites (tertiary alicyclic amines) is 1. The van der Waals surface area contributed by atoms with Crippen LogP contribution in [0.5, 0.6) is 0 Å². The lowest BCUT2D eigenvalue weighted by molar-refractivity contribution is -0.133. The third-order valence-corrected chi connectivity index (χ3v) is 4.92. The van der Waals surface area contributed by atoms with Gasteiger partial charge in [-0.3, -0.25) is 9.78 Å². The molecule has 0 saturated carbocycles. The maximum absolute atomic E-state index is 12.3. The van der Waals surface area contributed by atoms with Crippen LogP contribution in [0, 0.1) is 5.41 Å². The van der Waals surface area contributed by atoms with Gasteiger partial charge in [0.15, 0.2) is 0 Å². The fraction of sp³-hybridized carbons (Fsp3) is 0.625. The van der Waals surface area contributed by atoms with Crippen LogP contribution >= 0.6 is 12.4 Å². The largest absolute Gasteiger partial charge is 0.342 e. The molecule has 1 spiro atoms. The van der Waals surface area contributed by atoms with Crippen molar-refractivity contribution >= 4 is 18.3 Å². The fourth-order valence-corrected chi connectivity index (χ4v) is 3.48. The first-order valence-corrected chi connectivity index (χ1v) is 7.65. The average molecular weight is 310 g/mol. The van der Waals surface area contributed by atoms with E-state index in [9.17, 15) is 4.79 Å². The smallest absolute Gasteiger partial charge is 0.227 e. The van der Waals surface area contributed by atoms with Crippen molar-refractivity contribution in [1.29, 1.82) is 0 Å². The van der Waals surface area contributed by atoms with Crippen LogP contribution in [0.3, 0.4) is 0 Å². The van der Waals surface area contributed by atoms with Crippen LogP contribution < -0.4 is 5.32 Å². The predicted octanol–water partition coefficient (Wildman–Crippen LogP) is 2.04. The number of rotatable bonds is 2. The lowest BCUT2D eigenvalue weighted by Gasteiger charge is -2.44. The number of nitrogens with one attached hydrogen (secondary N) is 1. The highest BCUT2D eigenvalue weighted by Crippen LogP contribution is 2.39. The molecule has 3 heterocycles. The number of carbonyl (C=O) groups excluding carboxylic acids is 1. The van der Waals surface area contributed by atoms with Gasteiger partial charge in [0, 0.05) is 25.5 Å². The van der Waals surface area contributed by atoms with Crippen LogP contribution in [0.25, 0.3) is 0 Å². The average Bonchev–Trinajstić information content (AvgIpc) is 2.50. The molecule has 0 radical (unpaired) electrons. The van der Waals surface area contributed by atoms with Gasteiger partial charge in [-0.05, 0) is 55.8 Å². The second-order valence-electron chi connectivity index (χ2n) is 6.17. The minimum Gasteiger partial charge on any atom is -0.342 e.